The highest BCUT2D eigenvalue weighted by Crippen LogP contribution is 2.65. The molecule has 1 aromatic carbocycles. The number of hydrogen-bond donors (Lipinski definition) is 1. The SMILES string of the molecule is C[C@H](C(=O)Nc1ccc(Br)c(Cl)c1)N1C(=O)[C@@H]2[C@H]3C=C[C@@H]([C@@H]4C[C@H]34)[C@H]2C1=O. The van der Waals surface area contributed by atoms with Crippen molar-refractivity contribution in [2.75, 3.05) is 5.32 Å². The molecule has 0 radical (unpaired) electrons. The van der Waals surface area contributed by atoms with E-state index in [0.717, 1.165) is 10.9 Å². The molecule has 140 valence electrons. The number of halogens is 2. The molecule has 27 heavy (non-hydrogen) atoms. The Morgan fingerprint density at radius 2 is 1.78 bits per heavy atom. The Morgan fingerprint density at radius 1 is 1.19 bits per heavy atom. The van der Waals surface area contributed by atoms with Crippen LogP contribution in [-0.2, 0) is 14.4 Å². The highest BCUT2D eigenvalue weighted by Gasteiger charge is 2.67. The number of imide groups is 1. The first kappa shape index (κ1) is 17.4. The number of nitrogens with one attached hydrogen (secondary N) is 1. The second-order valence-electron chi connectivity index (χ2n) is 8.00. The summed E-state index contributed by atoms with van der Waals surface area (Å²) in [4.78, 5) is 40.0. The Morgan fingerprint density at radius 3 is 2.33 bits per heavy atom. The van der Waals surface area contributed by atoms with Gasteiger partial charge in [0.15, 0.2) is 0 Å². The van der Waals surface area contributed by atoms with Gasteiger partial charge in [0.2, 0.25) is 17.7 Å². The van der Waals surface area contributed by atoms with E-state index in [1.54, 1.807) is 25.1 Å². The summed E-state index contributed by atoms with van der Waals surface area (Å²) < 4.78 is 0.728. The molecule has 3 fully saturated rings. The predicted octanol–water partition coefficient (Wildman–Crippen LogP) is 3.48. The summed E-state index contributed by atoms with van der Waals surface area (Å²) in [5.74, 6) is 0.0804. The van der Waals surface area contributed by atoms with E-state index < -0.39 is 6.04 Å². The van der Waals surface area contributed by atoms with Gasteiger partial charge in [0.05, 0.1) is 16.9 Å². The molecule has 0 aromatic heterocycles. The molecule has 7 atom stereocenters. The van der Waals surface area contributed by atoms with Gasteiger partial charge < -0.3 is 5.32 Å². The van der Waals surface area contributed by atoms with Crippen molar-refractivity contribution in [2.45, 2.75) is 19.4 Å². The average molecular weight is 450 g/mol. The van der Waals surface area contributed by atoms with Crippen LogP contribution in [0.1, 0.15) is 13.3 Å². The number of carbonyl (C=O) groups is 3. The van der Waals surface area contributed by atoms with Crippen LogP contribution in [0.3, 0.4) is 0 Å². The summed E-state index contributed by atoms with van der Waals surface area (Å²) in [5.41, 5.74) is 0.527. The van der Waals surface area contributed by atoms with Crippen LogP contribution in [-0.4, -0.2) is 28.7 Å². The van der Waals surface area contributed by atoms with Crippen LogP contribution in [0.4, 0.5) is 5.69 Å². The molecule has 1 aromatic rings. The summed E-state index contributed by atoms with van der Waals surface area (Å²) in [6.45, 7) is 1.61. The molecule has 0 unspecified atom stereocenters. The first-order chi connectivity index (χ1) is 12.9. The maximum absolute atomic E-state index is 13.1. The number of nitrogens with zero attached hydrogens (tertiary/aromatic N) is 1. The van der Waals surface area contributed by atoms with Gasteiger partial charge >= 0.3 is 0 Å². The van der Waals surface area contributed by atoms with Crippen molar-refractivity contribution >= 4 is 50.9 Å². The molecule has 1 heterocycles. The second kappa shape index (κ2) is 5.92. The van der Waals surface area contributed by atoms with Gasteiger partial charge in [0.25, 0.3) is 0 Å². The van der Waals surface area contributed by atoms with E-state index in [-0.39, 0.29) is 41.4 Å². The second-order valence-corrected chi connectivity index (χ2v) is 9.26. The minimum absolute atomic E-state index is 0.159. The Hall–Kier alpha value is -1.66. The fourth-order valence-electron chi connectivity index (χ4n) is 5.30. The largest absolute Gasteiger partial charge is 0.324 e. The molecular formula is C20H18BrClN2O3. The highest BCUT2D eigenvalue weighted by molar-refractivity contribution is 9.10. The number of anilines is 1. The lowest BCUT2D eigenvalue weighted by Crippen LogP contribution is -2.46. The fraction of sp³-hybridized carbons (Fsp3) is 0.450. The van der Waals surface area contributed by atoms with Gasteiger partial charge in [-0.05, 0) is 71.1 Å². The third-order valence-electron chi connectivity index (χ3n) is 6.65. The van der Waals surface area contributed by atoms with Crippen molar-refractivity contribution in [3.05, 3.63) is 39.8 Å². The van der Waals surface area contributed by atoms with Crippen molar-refractivity contribution in [1.29, 1.82) is 0 Å². The summed E-state index contributed by atoms with van der Waals surface area (Å²) in [6.07, 6.45) is 5.38. The summed E-state index contributed by atoms with van der Waals surface area (Å²) in [5, 5.41) is 3.23. The standard InChI is InChI=1S/C20H18BrClN2O3/c1-8(18(25)23-9-2-5-14(21)15(22)6-9)24-19(26)16-10-3-4-11(13-7-12(10)13)17(16)20(24)27/h2-6,8,10-13,16-17H,7H2,1H3,(H,23,25)/t8-,10+,11+,12-,13+,16-,17-/m1/s1. The summed E-state index contributed by atoms with van der Waals surface area (Å²) in [7, 11) is 0. The molecule has 2 bridgehead atoms. The van der Waals surface area contributed by atoms with E-state index in [0.29, 0.717) is 22.5 Å². The quantitative estimate of drug-likeness (QED) is 0.567. The van der Waals surface area contributed by atoms with Crippen molar-refractivity contribution in [3.8, 4) is 0 Å². The van der Waals surface area contributed by atoms with Crippen LogP contribution in [0.25, 0.3) is 0 Å². The van der Waals surface area contributed by atoms with Crippen LogP contribution in [0.2, 0.25) is 5.02 Å². The highest BCUT2D eigenvalue weighted by atomic mass is 79.9. The van der Waals surface area contributed by atoms with Crippen LogP contribution in [0, 0.1) is 35.5 Å². The number of carbonyl (C=O) groups excluding carboxylic acids is 3. The minimum atomic E-state index is -0.853. The van der Waals surface area contributed by atoms with E-state index >= 15 is 0 Å². The van der Waals surface area contributed by atoms with Crippen molar-refractivity contribution in [2.24, 2.45) is 35.5 Å². The van der Waals surface area contributed by atoms with Crippen molar-refractivity contribution in [1.82, 2.24) is 4.90 Å². The van der Waals surface area contributed by atoms with Gasteiger partial charge in [-0.2, -0.15) is 0 Å². The molecule has 3 amide bonds. The van der Waals surface area contributed by atoms with Crippen molar-refractivity contribution in [3.63, 3.8) is 0 Å². The van der Waals surface area contributed by atoms with Gasteiger partial charge in [-0.15, -0.1) is 0 Å². The Balaban J connectivity index is 1.37. The average Bonchev–Trinajstić information content (AvgIpc) is 3.42. The van der Waals surface area contributed by atoms with E-state index in [4.69, 9.17) is 11.6 Å². The third-order valence-corrected chi connectivity index (χ3v) is 7.88. The first-order valence-electron chi connectivity index (χ1n) is 9.19. The topological polar surface area (TPSA) is 66.5 Å². The van der Waals surface area contributed by atoms with Gasteiger partial charge in [0.1, 0.15) is 6.04 Å². The zero-order valence-electron chi connectivity index (χ0n) is 14.6. The van der Waals surface area contributed by atoms with Gasteiger partial charge in [-0.25, -0.2) is 0 Å². The molecular weight excluding hydrogens is 432 g/mol. The number of hydrogen-bond acceptors (Lipinski definition) is 3. The third kappa shape index (κ3) is 2.46. The molecule has 7 heteroatoms. The predicted molar refractivity (Wildman–Crippen MR) is 104 cm³/mol. The van der Waals surface area contributed by atoms with Gasteiger partial charge in [-0.1, -0.05) is 23.8 Å². The zero-order valence-corrected chi connectivity index (χ0v) is 16.9. The van der Waals surface area contributed by atoms with E-state index in [9.17, 15) is 14.4 Å². The zero-order chi connectivity index (χ0) is 19.0. The Bertz CT molecular complexity index is 880. The van der Waals surface area contributed by atoms with Crippen LogP contribution in [0.15, 0.2) is 34.8 Å². The summed E-state index contributed by atoms with van der Waals surface area (Å²) >= 11 is 9.37. The van der Waals surface area contributed by atoms with Gasteiger partial charge in [-0.3, -0.25) is 19.3 Å². The monoisotopic (exact) mass is 448 g/mol. The smallest absolute Gasteiger partial charge is 0.247 e. The summed E-state index contributed by atoms with van der Waals surface area (Å²) in [6, 6.07) is 4.22. The van der Waals surface area contributed by atoms with E-state index in [2.05, 4.69) is 33.4 Å². The van der Waals surface area contributed by atoms with Crippen molar-refractivity contribution < 1.29 is 14.4 Å². The van der Waals surface area contributed by atoms with Crippen LogP contribution in [0.5, 0.6) is 0 Å². The molecule has 0 spiro atoms. The minimum Gasteiger partial charge on any atom is -0.324 e. The lowest BCUT2D eigenvalue weighted by Gasteiger charge is -2.37. The lowest BCUT2D eigenvalue weighted by molar-refractivity contribution is -0.146. The maximum Gasteiger partial charge on any atom is 0.247 e. The molecule has 1 aliphatic heterocycles. The molecule has 2 saturated carbocycles. The number of allylic oxidation sites excluding steroid dienone is 2. The van der Waals surface area contributed by atoms with Crippen LogP contribution >= 0.6 is 27.5 Å². The molecule has 1 N–H and O–H groups in total. The molecule has 5 aliphatic rings. The van der Waals surface area contributed by atoms with E-state index in [1.807, 2.05) is 0 Å². The number of benzene rings is 1. The normalized spacial score (nSPS) is 36.5. The molecule has 5 nitrogen and oxygen atoms in total. The van der Waals surface area contributed by atoms with E-state index in [1.165, 1.54) is 4.90 Å². The van der Waals surface area contributed by atoms with Crippen LogP contribution < -0.4 is 5.32 Å². The number of amides is 3. The Kier molecular flexibility index (Phi) is 3.82. The molecule has 1 saturated heterocycles. The first-order valence-corrected chi connectivity index (χ1v) is 10.4. The number of rotatable bonds is 3. The molecule has 4 aliphatic carbocycles. The molecule has 6 rings (SSSR count). The lowest BCUT2D eigenvalue weighted by atomic mass is 9.63. The number of likely N-dealkylation sites (tertiary alicyclic amines) is 1. The Labute approximate surface area is 170 Å². The van der Waals surface area contributed by atoms with Gasteiger partial charge in [0, 0.05) is 10.2 Å². The maximum atomic E-state index is 13.1. The fourth-order valence-corrected chi connectivity index (χ4v) is 5.73.